The van der Waals surface area contributed by atoms with E-state index in [0.717, 1.165) is 6.42 Å². The molecule has 0 spiro atoms. The third-order valence-electron chi connectivity index (χ3n) is 4.23. The second-order valence-corrected chi connectivity index (χ2v) is 8.55. The number of benzene rings is 1. The first-order valence-electron chi connectivity index (χ1n) is 9.45. The molecule has 0 N–H and O–H groups in total. The number of Topliss-reactive ketones (excluding diaryl/α,β-unsaturated/α-hetero) is 1. The van der Waals surface area contributed by atoms with E-state index in [1.165, 1.54) is 14.2 Å². The summed E-state index contributed by atoms with van der Waals surface area (Å²) in [6.45, 7) is 12.1. The van der Waals surface area contributed by atoms with E-state index < -0.39 is 11.9 Å². The van der Waals surface area contributed by atoms with Crippen molar-refractivity contribution in [2.45, 2.75) is 60.5 Å². The largest absolute Gasteiger partial charge is 0.496 e. The fraction of sp³-hybridized carbons (Fsp3) is 0.636. The number of ether oxygens (including phenoxy) is 3. The normalized spacial score (nSPS) is 13.8. The fourth-order valence-electron chi connectivity index (χ4n) is 3.42. The maximum atomic E-state index is 13.4. The molecule has 2 atom stereocenters. The zero-order valence-corrected chi connectivity index (χ0v) is 17.9. The molecule has 2 unspecified atom stereocenters. The van der Waals surface area contributed by atoms with Crippen LogP contribution in [0.1, 0.15) is 64.7 Å². The van der Waals surface area contributed by atoms with Gasteiger partial charge in [-0.25, -0.2) is 0 Å². The molecule has 152 valence electrons. The minimum absolute atomic E-state index is 0.108. The summed E-state index contributed by atoms with van der Waals surface area (Å²) in [6, 6.07) is 5.14. The van der Waals surface area contributed by atoms with Gasteiger partial charge in [-0.2, -0.15) is 0 Å². The van der Waals surface area contributed by atoms with Gasteiger partial charge in [-0.05, 0) is 50.2 Å². The molecule has 1 aromatic carbocycles. The molecule has 0 fully saturated rings. The van der Waals surface area contributed by atoms with Crippen molar-refractivity contribution in [1.29, 1.82) is 0 Å². The number of rotatable bonds is 9. The van der Waals surface area contributed by atoms with Gasteiger partial charge in [-0.1, -0.05) is 33.8 Å². The van der Waals surface area contributed by atoms with Gasteiger partial charge in [-0.3, -0.25) is 9.59 Å². The number of carbonyl (C=O) groups excluding carboxylic acids is 2. The van der Waals surface area contributed by atoms with Crippen LogP contribution in [-0.4, -0.2) is 32.1 Å². The Hall–Kier alpha value is -2.04. The molecule has 0 aliphatic rings. The first kappa shape index (κ1) is 23.0. The van der Waals surface area contributed by atoms with Crippen LogP contribution in [0.2, 0.25) is 0 Å². The van der Waals surface area contributed by atoms with E-state index >= 15 is 0 Å². The van der Waals surface area contributed by atoms with Crippen molar-refractivity contribution < 1.29 is 23.8 Å². The highest BCUT2D eigenvalue weighted by molar-refractivity contribution is 6.11. The van der Waals surface area contributed by atoms with E-state index in [1.807, 2.05) is 0 Å². The monoisotopic (exact) mass is 378 g/mol. The van der Waals surface area contributed by atoms with Gasteiger partial charge in [-0.15, -0.1) is 0 Å². The van der Waals surface area contributed by atoms with Gasteiger partial charge in [0.25, 0.3) is 0 Å². The lowest BCUT2D eigenvalue weighted by Crippen LogP contribution is -2.31. The van der Waals surface area contributed by atoms with Crippen molar-refractivity contribution in [3.63, 3.8) is 0 Å². The number of ketones is 1. The second-order valence-electron chi connectivity index (χ2n) is 8.55. The summed E-state index contributed by atoms with van der Waals surface area (Å²) in [5.41, 5.74) is 0.396. The van der Waals surface area contributed by atoms with E-state index in [9.17, 15) is 9.59 Å². The maximum Gasteiger partial charge on any atom is 0.317 e. The summed E-state index contributed by atoms with van der Waals surface area (Å²) in [5.74, 6) is -0.746. The van der Waals surface area contributed by atoms with Crippen LogP contribution in [0.15, 0.2) is 18.2 Å². The van der Waals surface area contributed by atoms with Crippen molar-refractivity contribution in [2.24, 2.45) is 17.3 Å². The highest BCUT2D eigenvalue weighted by Crippen LogP contribution is 2.35. The molecule has 0 aliphatic carbocycles. The van der Waals surface area contributed by atoms with Crippen LogP contribution >= 0.6 is 0 Å². The van der Waals surface area contributed by atoms with Crippen molar-refractivity contribution in [2.75, 3.05) is 14.2 Å². The van der Waals surface area contributed by atoms with Crippen LogP contribution in [-0.2, 0) is 9.53 Å². The molecule has 0 aromatic heterocycles. The Bertz CT molecular complexity index is 620. The first-order chi connectivity index (χ1) is 12.5. The topological polar surface area (TPSA) is 61.8 Å². The zero-order chi connectivity index (χ0) is 20.8. The van der Waals surface area contributed by atoms with E-state index in [4.69, 9.17) is 14.2 Å². The van der Waals surface area contributed by atoms with Crippen LogP contribution in [0.3, 0.4) is 0 Å². The lowest BCUT2D eigenvalue weighted by molar-refractivity contribution is -0.151. The Morgan fingerprint density at radius 1 is 1.00 bits per heavy atom. The Balaban J connectivity index is 3.26. The van der Waals surface area contributed by atoms with E-state index in [2.05, 4.69) is 27.7 Å². The summed E-state index contributed by atoms with van der Waals surface area (Å²) in [4.78, 5) is 26.1. The second kappa shape index (κ2) is 9.77. The van der Waals surface area contributed by atoms with Crippen LogP contribution in [0.4, 0.5) is 0 Å². The van der Waals surface area contributed by atoms with Gasteiger partial charge in [0.1, 0.15) is 23.0 Å². The Morgan fingerprint density at radius 3 is 1.93 bits per heavy atom. The van der Waals surface area contributed by atoms with Crippen molar-refractivity contribution in [3.8, 4) is 11.5 Å². The molecule has 0 bridgehead atoms. The smallest absolute Gasteiger partial charge is 0.317 e. The third kappa shape index (κ3) is 6.89. The lowest BCUT2D eigenvalue weighted by Gasteiger charge is -2.26. The fourth-order valence-corrected chi connectivity index (χ4v) is 3.42. The summed E-state index contributed by atoms with van der Waals surface area (Å²) in [5, 5.41) is 0. The van der Waals surface area contributed by atoms with Crippen LogP contribution in [0.5, 0.6) is 11.5 Å². The van der Waals surface area contributed by atoms with Gasteiger partial charge in [0.05, 0.1) is 20.3 Å². The molecule has 0 radical (unpaired) electrons. The third-order valence-corrected chi connectivity index (χ3v) is 4.23. The zero-order valence-electron chi connectivity index (χ0n) is 17.9. The highest BCUT2D eigenvalue weighted by Gasteiger charge is 2.35. The van der Waals surface area contributed by atoms with Gasteiger partial charge >= 0.3 is 5.97 Å². The summed E-state index contributed by atoms with van der Waals surface area (Å²) in [7, 11) is 2.99. The number of methoxy groups -OCH3 is 2. The number of esters is 1. The molecule has 5 nitrogen and oxygen atoms in total. The maximum absolute atomic E-state index is 13.4. The molecular formula is C22H34O5. The van der Waals surface area contributed by atoms with Crippen molar-refractivity contribution >= 4 is 11.8 Å². The van der Waals surface area contributed by atoms with Gasteiger partial charge in [0.2, 0.25) is 0 Å². The minimum Gasteiger partial charge on any atom is -0.496 e. The SMILES string of the molecule is COc1cccc(OC)c1C(=O)C(CC(C)CC(C)(C)C)C(=O)OC(C)C. The van der Waals surface area contributed by atoms with Gasteiger partial charge < -0.3 is 14.2 Å². The average molecular weight is 379 g/mol. The molecule has 1 rings (SSSR count). The molecule has 0 aliphatic heterocycles. The lowest BCUT2D eigenvalue weighted by atomic mass is 9.80. The molecule has 0 amide bonds. The Labute approximate surface area is 163 Å². The Morgan fingerprint density at radius 2 is 1.52 bits per heavy atom. The Kier molecular flexibility index (Phi) is 8.32. The first-order valence-corrected chi connectivity index (χ1v) is 9.45. The van der Waals surface area contributed by atoms with E-state index in [0.29, 0.717) is 17.9 Å². The van der Waals surface area contributed by atoms with Crippen LogP contribution < -0.4 is 9.47 Å². The summed E-state index contributed by atoms with van der Waals surface area (Å²) < 4.78 is 16.1. The molecule has 0 saturated heterocycles. The van der Waals surface area contributed by atoms with Crippen molar-refractivity contribution in [1.82, 2.24) is 0 Å². The number of hydrogen-bond acceptors (Lipinski definition) is 5. The molecule has 1 aromatic rings. The highest BCUT2D eigenvalue weighted by atomic mass is 16.5. The van der Waals surface area contributed by atoms with Crippen LogP contribution in [0.25, 0.3) is 0 Å². The van der Waals surface area contributed by atoms with Gasteiger partial charge in [0, 0.05) is 0 Å². The molecule has 27 heavy (non-hydrogen) atoms. The predicted molar refractivity (Wildman–Crippen MR) is 106 cm³/mol. The molecule has 5 heteroatoms. The van der Waals surface area contributed by atoms with E-state index in [1.54, 1.807) is 32.0 Å². The standard InChI is InChI=1S/C22H34O5/c1-14(2)27-21(24)16(12-15(3)13-22(4,5)6)20(23)19-17(25-7)10-9-11-18(19)26-8/h9-11,14-16H,12-13H2,1-8H3. The minimum atomic E-state index is -0.894. The van der Waals surface area contributed by atoms with Gasteiger partial charge in [0.15, 0.2) is 5.78 Å². The summed E-state index contributed by atoms with van der Waals surface area (Å²) in [6.07, 6.45) is 1.03. The average Bonchev–Trinajstić information content (AvgIpc) is 2.55. The molecule has 0 saturated carbocycles. The van der Waals surface area contributed by atoms with Crippen LogP contribution in [0, 0.1) is 17.3 Å². The van der Waals surface area contributed by atoms with Crippen molar-refractivity contribution in [3.05, 3.63) is 23.8 Å². The summed E-state index contributed by atoms with van der Waals surface area (Å²) >= 11 is 0. The number of hydrogen-bond donors (Lipinski definition) is 0. The van der Waals surface area contributed by atoms with E-state index in [-0.39, 0.29) is 28.8 Å². The quantitative estimate of drug-likeness (QED) is 0.347. The molecule has 0 heterocycles. The number of carbonyl (C=O) groups is 2. The predicted octanol–water partition coefficient (Wildman–Crippen LogP) is 4.92. The molecular weight excluding hydrogens is 344 g/mol.